The van der Waals surface area contributed by atoms with Crippen LogP contribution >= 0.6 is 11.3 Å². The van der Waals surface area contributed by atoms with Gasteiger partial charge in [-0.05, 0) is 31.9 Å². The van der Waals surface area contributed by atoms with Gasteiger partial charge in [-0.25, -0.2) is 9.98 Å². The Labute approximate surface area is 160 Å². The van der Waals surface area contributed by atoms with E-state index in [-0.39, 0.29) is 6.54 Å². The number of hydrogen-bond donors (Lipinski definition) is 2. The van der Waals surface area contributed by atoms with Crippen molar-refractivity contribution in [3.63, 3.8) is 0 Å². The summed E-state index contributed by atoms with van der Waals surface area (Å²) in [5.74, 6) is 1.40. The molecule has 0 aliphatic rings. The number of alkyl halides is 3. The molecule has 0 unspecified atom stereocenters. The fourth-order valence-electron chi connectivity index (χ4n) is 2.18. The number of benzene rings is 1. The molecule has 2 N–H and O–H groups in total. The van der Waals surface area contributed by atoms with E-state index in [0.29, 0.717) is 30.7 Å². The van der Waals surface area contributed by atoms with Crippen LogP contribution < -0.4 is 15.4 Å². The maximum Gasteiger partial charge on any atom is 0.434 e. The van der Waals surface area contributed by atoms with E-state index in [4.69, 9.17) is 4.74 Å². The Morgan fingerprint density at radius 1 is 1.26 bits per heavy atom. The lowest BCUT2D eigenvalue weighted by molar-refractivity contribution is -0.140. The number of nitrogens with one attached hydrogen (secondary N) is 2. The molecule has 5 nitrogen and oxygen atoms in total. The molecular formula is C18H23F3N4OS. The van der Waals surface area contributed by atoms with Gasteiger partial charge in [0.25, 0.3) is 0 Å². The van der Waals surface area contributed by atoms with Crippen molar-refractivity contribution in [3.8, 4) is 5.75 Å². The van der Waals surface area contributed by atoms with Crippen molar-refractivity contribution < 1.29 is 17.9 Å². The van der Waals surface area contributed by atoms with Gasteiger partial charge in [0, 0.05) is 18.5 Å². The number of halogens is 3. The zero-order chi connectivity index (χ0) is 19.7. The van der Waals surface area contributed by atoms with Crippen LogP contribution in [-0.2, 0) is 12.7 Å². The summed E-state index contributed by atoms with van der Waals surface area (Å²) in [5.41, 5.74) is 0.214. The number of thiazole rings is 1. The Hall–Kier alpha value is -2.29. The number of hydrogen-bond acceptors (Lipinski definition) is 4. The van der Waals surface area contributed by atoms with Gasteiger partial charge in [0.05, 0.1) is 13.2 Å². The lowest BCUT2D eigenvalue weighted by Gasteiger charge is -2.12. The molecule has 0 fully saturated rings. The second-order valence-electron chi connectivity index (χ2n) is 5.71. The minimum Gasteiger partial charge on any atom is -0.493 e. The molecule has 27 heavy (non-hydrogen) atoms. The quantitative estimate of drug-likeness (QED) is 0.400. The smallest absolute Gasteiger partial charge is 0.434 e. The minimum atomic E-state index is -4.42. The van der Waals surface area contributed by atoms with E-state index in [9.17, 15) is 13.2 Å². The summed E-state index contributed by atoms with van der Waals surface area (Å²) in [4.78, 5) is 7.86. The van der Waals surface area contributed by atoms with Crippen LogP contribution in [0.1, 0.15) is 29.6 Å². The van der Waals surface area contributed by atoms with Crippen LogP contribution in [0.15, 0.2) is 34.6 Å². The molecule has 0 amide bonds. The minimum absolute atomic E-state index is 0.0930. The van der Waals surface area contributed by atoms with Crippen molar-refractivity contribution in [2.75, 3.05) is 19.7 Å². The first-order valence-electron chi connectivity index (χ1n) is 8.62. The van der Waals surface area contributed by atoms with Crippen molar-refractivity contribution in [2.45, 2.75) is 33.0 Å². The summed E-state index contributed by atoms with van der Waals surface area (Å²) in [7, 11) is 0. The summed E-state index contributed by atoms with van der Waals surface area (Å²) in [6, 6.07) is 7.81. The molecule has 148 valence electrons. The third-order valence-electron chi connectivity index (χ3n) is 3.52. The summed E-state index contributed by atoms with van der Waals surface area (Å²) >= 11 is 0.954. The van der Waals surface area contributed by atoms with Gasteiger partial charge in [0.15, 0.2) is 11.7 Å². The van der Waals surface area contributed by atoms with Crippen LogP contribution in [0.3, 0.4) is 0 Å². The zero-order valence-electron chi connectivity index (χ0n) is 15.3. The molecule has 9 heteroatoms. The second-order valence-corrected chi connectivity index (χ2v) is 6.66. The number of aryl methyl sites for hydroxylation is 1. The molecule has 0 bridgehead atoms. The van der Waals surface area contributed by atoms with E-state index in [0.717, 1.165) is 34.5 Å². The third kappa shape index (κ3) is 7.09. The molecular weight excluding hydrogens is 377 g/mol. The highest BCUT2D eigenvalue weighted by Gasteiger charge is 2.33. The third-order valence-corrected chi connectivity index (χ3v) is 4.36. The van der Waals surface area contributed by atoms with Gasteiger partial charge in [-0.1, -0.05) is 18.2 Å². The highest BCUT2D eigenvalue weighted by Crippen LogP contribution is 2.30. The average Bonchev–Trinajstić information content (AvgIpc) is 3.10. The number of guanidine groups is 1. The van der Waals surface area contributed by atoms with E-state index >= 15 is 0 Å². The largest absolute Gasteiger partial charge is 0.493 e. The van der Waals surface area contributed by atoms with Crippen LogP contribution in [0.5, 0.6) is 5.75 Å². The van der Waals surface area contributed by atoms with Crippen LogP contribution in [0.4, 0.5) is 13.2 Å². The summed E-state index contributed by atoms with van der Waals surface area (Å²) < 4.78 is 43.5. The summed E-state index contributed by atoms with van der Waals surface area (Å²) in [6.07, 6.45) is -3.66. The molecule has 1 aromatic heterocycles. The first kappa shape index (κ1) is 21.0. The molecule has 0 aliphatic heterocycles. The number of rotatable bonds is 8. The maximum atomic E-state index is 12.6. The first-order valence-corrected chi connectivity index (χ1v) is 9.50. The van der Waals surface area contributed by atoms with E-state index in [1.54, 1.807) is 0 Å². The van der Waals surface area contributed by atoms with Gasteiger partial charge in [0.2, 0.25) is 0 Å². The number of ether oxygens (including phenoxy) is 1. The lowest BCUT2D eigenvalue weighted by Crippen LogP contribution is -2.38. The Bertz CT molecular complexity index is 746. The summed E-state index contributed by atoms with van der Waals surface area (Å²) in [5, 5.41) is 7.53. The second kappa shape index (κ2) is 10.1. The van der Waals surface area contributed by atoms with Crippen LogP contribution in [0, 0.1) is 6.92 Å². The SMILES string of the molecule is CCNC(=NCc1nc(C(F)(F)F)cs1)NCCCOc1ccccc1C. The number of para-hydroxylation sites is 1. The van der Waals surface area contributed by atoms with Crippen LogP contribution in [-0.4, -0.2) is 30.6 Å². The Morgan fingerprint density at radius 2 is 2.04 bits per heavy atom. The molecule has 1 aromatic carbocycles. The van der Waals surface area contributed by atoms with Gasteiger partial charge in [0.1, 0.15) is 10.8 Å². The molecule has 0 spiro atoms. The van der Waals surface area contributed by atoms with E-state index in [1.165, 1.54) is 0 Å². The molecule has 0 aliphatic carbocycles. The lowest BCUT2D eigenvalue weighted by atomic mass is 10.2. The zero-order valence-corrected chi connectivity index (χ0v) is 16.1. The fourth-order valence-corrected chi connectivity index (χ4v) is 2.91. The van der Waals surface area contributed by atoms with Crippen molar-refractivity contribution in [3.05, 3.63) is 45.9 Å². The van der Waals surface area contributed by atoms with Gasteiger partial charge in [-0.2, -0.15) is 13.2 Å². The Morgan fingerprint density at radius 3 is 2.70 bits per heavy atom. The normalized spacial score (nSPS) is 12.1. The Kier molecular flexibility index (Phi) is 7.90. The number of nitrogens with zero attached hydrogens (tertiary/aromatic N) is 2. The van der Waals surface area contributed by atoms with Gasteiger partial charge in [-0.3, -0.25) is 0 Å². The summed E-state index contributed by atoms with van der Waals surface area (Å²) in [6.45, 7) is 5.84. The molecule has 2 aromatic rings. The van der Waals surface area contributed by atoms with Crippen LogP contribution in [0.25, 0.3) is 0 Å². The number of aliphatic imine (C=N–C) groups is 1. The van der Waals surface area contributed by atoms with Gasteiger partial charge in [-0.15, -0.1) is 11.3 Å². The molecule has 2 rings (SSSR count). The molecule has 0 atom stereocenters. The van der Waals surface area contributed by atoms with Crippen LogP contribution in [0.2, 0.25) is 0 Å². The van der Waals surface area contributed by atoms with Crippen molar-refractivity contribution in [2.24, 2.45) is 4.99 Å². The monoisotopic (exact) mass is 400 g/mol. The van der Waals surface area contributed by atoms with Crippen molar-refractivity contribution in [1.29, 1.82) is 0 Å². The standard InChI is InChI=1S/C18H23F3N4OS/c1-3-22-17(24-11-16-25-15(12-27-16)18(19,20)21)23-9-6-10-26-14-8-5-4-7-13(14)2/h4-5,7-8,12H,3,6,9-11H2,1-2H3,(H2,22,23,24). The predicted molar refractivity (Wildman–Crippen MR) is 101 cm³/mol. The average molecular weight is 400 g/mol. The molecule has 0 radical (unpaired) electrons. The molecule has 1 heterocycles. The molecule has 0 saturated carbocycles. The highest BCUT2D eigenvalue weighted by molar-refractivity contribution is 7.09. The van der Waals surface area contributed by atoms with E-state index in [1.807, 2.05) is 38.1 Å². The van der Waals surface area contributed by atoms with Crippen molar-refractivity contribution >= 4 is 17.3 Å². The first-order chi connectivity index (χ1) is 12.9. The fraction of sp³-hybridized carbons (Fsp3) is 0.444. The Balaban J connectivity index is 1.78. The van der Waals surface area contributed by atoms with Gasteiger partial charge < -0.3 is 15.4 Å². The van der Waals surface area contributed by atoms with Crippen molar-refractivity contribution in [1.82, 2.24) is 15.6 Å². The topological polar surface area (TPSA) is 58.5 Å². The van der Waals surface area contributed by atoms with E-state index < -0.39 is 11.9 Å². The maximum absolute atomic E-state index is 12.6. The highest BCUT2D eigenvalue weighted by atomic mass is 32.1. The molecule has 0 saturated heterocycles. The van der Waals surface area contributed by atoms with Gasteiger partial charge >= 0.3 is 6.18 Å². The predicted octanol–water partition coefficient (Wildman–Crippen LogP) is 3.99. The number of aromatic nitrogens is 1. The van der Waals surface area contributed by atoms with E-state index in [2.05, 4.69) is 20.6 Å².